The third kappa shape index (κ3) is 4.90. The maximum atomic E-state index is 13.0. The second kappa shape index (κ2) is 8.45. The Kier molecular flexibility index (Phi) is 6.17. The van der Waals surface area contributed by atoms with Gasteiger partial charge in [0.15, 0.2) is 0 Å². The monoisotopic (exact) mass is 405 g/mol. The molecule has 0 radical (unpaired) electrons. The highest BCUT2D eigenvalue weighted by Crippen LogP contribution is 2.30. The number of nitrogens with zero attached hydrogens (tertiary/aromatic N) is 1. The molecule has 1 saturated heterocycles. The molecular formula is C22H26F3N3O. The summed E-state index contributed by atoms with van der Waals surface area (Å²) in [6, 6.07) is 10.9. The summed E-state index contributed by atoms with van der Waals surface area (Å²) in [5, 5.41) is 11.8. The van der Waals surface area contributed by atoms with E-state index in [0.29, 0.717) is 19.6 Å². The number of halogens is 3. The summed E-state index contributed by atoms with van der Waals surface area (Å²) >= 11 is 0. The van der Waals surface area contributed by atoms with E-state index in [9.17, 15) is 13.2 Å². The van der Waals surface area contributed by atoms with Crippen LogP contribution in [0.1, 0.15) is 29.2 Å². The highest BCUT2D eigenvalue weighted by molar-refractivity contribution is 5.96. The molecule has 1 aliphatic heterocycles. The first-order valence-corrected chi connectivity index (χ1v) is 9.64. The molecule has 156 valence electrons. The molecule has 1 fully saturated rings. The first-order chi connectivity index (χ1) is 13.7. The Morgan fingerprint density at radius 1 is 1.17 bits per heavy atom. The Labute approximate surface area is 169 Å². The normalized spacial score (nSPS) is 18.4. The standard InChI is InChI=1S/C22H26F3N3O/c1-14-6-4-7-15(2)20(14)29-16(3)19-13-28(11-10-27-19)21(26)17-8-5-9-18(12-17)22(23,24)25/h4-9,12,16,19,26-27H,10-11,13H2,1-3H3. The van der Waals surface area contributed by atoms with Crippen molar-refractivity contribution >= 4 is 5.84 Å². The summed E-state index contributed by atoms with van der Waals surface area (Å²) < 4.78 is 45.2. The predicted octanol–water partition coefficient (Wildman–Crippen LogP) is 4.39. The molecule has 0 spiro atoms. The van der Waals surface area contributed by atoms with Crippen molar-refractivity contribution in [2.24, 2.45) is 0 Å². The number of nitrogens with one attached hydrogen (secondary N) is 2. The summed E-state index contributed by atoms with van der Waals surface area (Å²) in [6.07, 6.45) is -4.58. The van der Waals surface area contributed by atoms with E-state index in [1.807, 2.05) is 39.0 Å². The van der Waals surface area contributed by atoms with E-state index in [1.54, 1.807) is 11.0 Å². The van der Waals surface area contributed by atoms with Gasteiger partial charge in [-0.2, -0.15) is 13.2 Å². The van der Waals surface area contributed by atoms with Gasteiger partial charge in [0.05, 0.1) is 11.6 Å². The van der Waals surface area contributed by atoms with Gasteiger partial charge in [0, 0.05) is 25.2 Å². The zero-order valence-corrected chi connectivity index (χ0v) is 16.8. The lowest BCUT2D eigenvalue weighted by Gasteiger charge is -2.38. The number of hydrogen-bond acceptors (Lipinski definition) is 3. The van der Waals surface area contributed by atoms with Crippen molar-refractivity contribution in [3.8, 4) is 5.75 Å². The molecule has 0 amide bonds. The molecular weight excluding hydrogens is 379 g/mol. The van der Waals surface area contributed by atoms with Crippen LogP contribution >= 0.6 is 0 Å². The molecule has 4 nitrogen and oxygen atoms in total. The minimum absolute atomic E-state index is 0.0473. The van der Waals surface area contributed by atoms with Gasteiger partial charge in [0.1, 0.15) is 17.7 Å². The van der Waals surface area contributed by atoms with E-state index in [-0.39, 0.29) is 23.5 Å². The fourth-order valence-electron chi connectivity index (χ4n) is 3.57. The van der Waals surface area contributed by atoms with Gasteiger partial charge in [-0.05, 0) is 44.0 Å². The number of benzene rings is 2. The number of aryl methyl sites for hydroxylation is 2. The smallest absolute Gasteiger partial charge is 0.416 e. The average molecular weight is 405 g/mol. The molecule has 2 aromatic carbocycles. The molecule has 29 heavy (non-hydrogen) atoms. The van der Waals surface area contributed by atoms with Gasteiger partial charge in [-0.25, -0.2) is 0 Å². The van der Waals surface area contributed by atoms with Crippen LogP contribution in [0.4, 0.5) is 13.2 Å². The minimum atomic E-state index is -4.42. The van der Waals surface area contributed by atoms with E-state index in [1.165, 1.54) is 6.07 Å². The van der Waals surface area contributed by atoms with Crippen LogP contribution in [-0.4, -0.2) is 42.5 Å². The lowest BCUT2D eigenvalue weighted by molar-refractivity contribution is -0.137. The van der Waals surface area contributed by atoms with Crippen molar-refractivity contribution in [2.75, 3.05) is 19.6 Å². The largest absolute Gasteiger partial charge is 0.488 e. The highest BCUT2D eigenvalue weighted by atomic mass is 19.4. The van der Waals surface area contributed by atoms with E-state index in [2.05, 4.69) is 5.32 Å². The zero-order chi connectivity index (χ0) is 21.2. The summed E-state index contributed by atoms with van der Waals surface area (Å²) in [5.74, 6) is 0.953. The summed E-state index contributed by atoms with van der Waals surface area (Å²) in [4.78, 5) is 1.81. The van der Waals surface area contributed by atoms with Gasteiger partial charge in [0.25, 0.3) is 0 Å². The number of amidine groups is 1. The minimum Gasteiger partial charge on any atom is -0.488 e. The van der Waals surface area contributed by atoms with Gasteiger partial charge >= 0.3 is 6.18 Å². The Morgan fingerprint density at radius 2 is 1.83 bits per heavy atom. The molecule has 1 heterocycles. The van der Waals surface area contributed by atoms with Gasteiger partial charge < -0.3 is 15.0 Å². The van der Waals surface area contributed by atoms with Gasteiger partial charge in [-0.3, -0.25) is 5.41 Å². The molecule has 2 N–H and O–H groups in total. The number of piperazine rings is 1. The Bertz CT molecular complexity index is 862. The fourth-order valence-corrected chi connectivity index (χ4v) is 3.57. The third-order valence-electron chi connectivity index (χ3n) is 5.26. The van der Waals surface area contributed by atoms with Crippen LogP contribution in [0.25, 0.3) is 0 Å². The number of ether oxygens (including phenoxy) is 1. The molecule has 0 saturated carbocycles. The highest BCUT2D eigenvalue weighted by Gasteiger charge is 2.32. The van der Waals surface area contributed by atoms with Crippen molar-refractivity contribution in [2.45, 2.75) is 39.1 Å². The number of rotatable bonds is 4. The average Bonchev–Trinajstić information content (AvgIpc) is 2.69. The third-order valence-corrected chi connectivity index (χ3v) is 5.26. The van der Waals surface area contributed by atoms with E-state index < -0.39 is 11.7 Å². The van der Waals surface area contributed by atoms with Crippen LogP contribution in [0.15, 0.2) is 42.5 Å². The second-order valence-electron chi connectivity index (χ2n) is 7.48. The molecule has 2 aromatic rings. The fraction of sp³-hybridized carbons (Fsp3) is 0.409. The van der Waals surface area contributed by atoms with Gasteiger partial charge in [0.2, 0.25) is 0 Å². The SMILES string of the molecule is Cc1cccc(C)c1OC(C)C1CN(C(=N)c2cccc(C(F)(F)F)c2)CCN1. The number of alkyl halides is 3. The summed E-state index contributed by atoms with van der Waals surface area (Å²) in [7, 11) is 0. The topological polar surface area (TPSA) is 48.4 Å². The van der Waals surface area contributed by atoms with Crippen molar-refractivity contribution in [1.82, 2.24) is 10.2 Å². The number of para-hydroxylation sites is 1. The maximum absolute atomic E-state index is 13.0. The van der Waals surface area contributed by atoms with Crippen molar-refractivity contribution in [3.63, 3.8) is 0 Å². The molecule has 0 aromatic heterocycles. The van der Waals surface area contributed by atoms with E-state index >= 15 is 0 Å². The van der Waals surface area contributed by atoms with Crippen LogP contribution in [0.2, 0.25) is 0 Å². The quantitative estimate of drug-likeness (QED) is 0.586. The van der Waals surface area contributed by atoms with Crippen LogP contribution in [0.5, 0.6) is 5.75 Å². The Hall–Kier alpha value is -2.54. The summed E-state index contributed by atoms with van der Waals surface area (Å²) in [5.41, 5.74) is 1.64. The maximum Gasteiger partial charge on any atom is 0.416 e. The van der Waals surface area contributed by atoms with Crippen LogP contribution in [0, 0.1) is 19.3 Å². The summed E-state index contributed by atoms with van der Waals surface area (Å²) in [6.45, 7) is 7.65. The van der Waals surface area contributed by atoms with Crippen LogP contribution in [0.3, 0.4) is 0 Å². The van der Waals surface area contributed by atoms with Crippen molar-refractivity contribution in [3.05, 3.63) is 64.7 Å². The molecule has 1 aliphatic rings. The van der Waals surface area contributed by atoms with Gasteiger partial charge in [-0.15, -0.1) is 0 Å². The van der Waals surface area contributed by atoms with Crippen LogP contribution in [-0.2, 0) is 6.18 Å². The van der Waals surface area contributed by atoms with Crippen molar-refractivity contribution < 1.29 is 17.9 Å². The molecule has 2 atom stereocenters. The van der Waals surface area contributed by atoms with E-state index in [0.717, 1.165) is 29.0 Å². The Morgan fingerprint density at radius 3 is 2.48 bits per heavy atom. The first kappa shape index (κ1) is 21.2. The lowest BCUT2D eigenvalue weighted by Crippen LogP contribution is -2.57. The van der Waals surface area contributed by atoms with E-state index in [4.69, 9.17) is 10.1 Å². The number of hydrogen-bond donors (Lipinski definition) is 2. The molecule has 3 rings (SSSR count). The molecule has 0 aliphatic carbocycles. The Balaban J connectivity index is 1.71. The van der Waals surface area contributed by atoms with Gasteiger partial charge in [-0.1, -0.05) is 30.3 Å². The zero-order valence-electron chi connectivity index (χ0n) is 16.8. The van der Waals surface area contributed by atoms with Crippen molar-refractivity contribution in [1.29, 1.82) is 5.41 Å². The molecule has 2 unspecified atom stereocenters. The lowest BCUT2D eigenvalue weighted by atomic mass is 10.1. The second-order valence-corrected chi connectivity index (χ2v) is 7.48. The molecule has 0 bridgehead atoms. The van der Waals surface area contributed by atoms with Crippen LogP contribution < -0.4 is 10.1 Å². The molecule has 7 heteroatoms. The predicted molar refractivity (Wildman–Crippen MR) is 108 cm³/mol. The first-order valence-electron chi connectivity index (χ1n) is 9.64.